The number of ether oxygens (including phenoxy) is 1. The fourth-order valence-corrected chi connectivity index (χ4v) is 5.38. The Morgan fingerprint density at radius 2 is 1.93 bits per heavy atom. The quantitative estimate of drug-likeness (QED) is 0.703. The summed E-state index contributed by atoms with van der Waals surface area (Å²) in [5.41, 5.74) is 4.02. The van der Waals surface area contributed by atoms with E-state index >= 15 is 0 Å². The molecule has 2 aromatic carbocycles. The number of nitrogens with zero attached hydrogens (tertiary/aromatic N) is 1. The molecule has 28 heavy (non-hydrogen) atoms. The van der Waals surface area contributed by atoms with E-state index in [0.717, 1.165) is 34.9 Å². The summed E-state index contributed by atoms with van der Waals surface area (Å²) in [6.07, 6.45) is 3.58. The lowest BCUT2D eigenvalue weighted by atomic mass is 9.75. The second-order valence-corrected chi connectivity index (χ2v) is 9.44. The molecule has 5 heteroatoms. The molecule has 2 heterocycles. The molecule has 2 N–H and O–H groups in total. The Hall–Kier alpha value is -2.14. The number of fused-ring (bicyclic) bond motifs is 1. The molecule has 0 aliphatic carbocycles. The second kappa shape index (κ2) is 6.73. The van der Waals surface area contributed by atoms with Crippen LogP contribution in [0, 0.1) is 13.8 Å². The molecule has 0 fully saturated rings. The van der Waals surface area contributed by atoms with Gasteiger partial charge in [0.15, 0.2) is 5.17 Å². The van der Waals surface area contributed by atoms with E-state index < -0.39 is 5.72 Å². The number of hydrogen-bond donors (Lipinski definition) is 2. The number of amidine groups is 1. The van der Waals surface area contributed by atoms with Crippen molar-refractivity contribution in [3.8, 4) is 11.5 Å². The monoisotopic (exact) mass is 396 g/mol. The minimum absolute atomic E-state index is 0.125. The summed E-state index contributed by atoms with van der Waals surface area (Å²) in [6, 6.07) is 12.1. The number of rotatable bonds is 1. The Kier molecular flexibility index (Phi) is 4.61. The summed E-state index contributed by atoms with van der Waals surface area (Å²) in [5.74, 6) is 1.16. The zero-order valence-electron chi connectivity index (χ0n) is 17.2. The van der Waals surface area contributed by atoms with Gasteiger partial charge in [-0.1, -0.05) is 36.0 Å². The average molecular weight is 397 g/mol. The molecule has 0 unspecified atom stereocenters. The summed E-state index contributed by atoms with van der Waals surface area (Å²) in [5, 5.41) is 14.6. The van der Waals surface area contributed by atoms with Crippen LogP contribution in [0.1, 0.15) is 54.9 Å². The molecule has 0 aromatic heterocycles. The van der Waals surface area contributed by atoms with E-state index in [1.165, 1.54) is 11.1 Å². The first-order valence-electron chi connectivity index (χ1n) is 9.72. The lowest BCUT2D eigenvalue weighted by molar-refractivity contribution is 0.0131. The predicted molar refractivity (Wildman–Crippen MR) is 117 cm³/mol. The summed E-state index contributed by atoms with van der Waals surface area (Å²) in [6.45, 7) is 8.59. The number of aliphatic imine (C=N–C) groups is 1. The van der Waals surface area contributed by atoms with Crippen LogP contribution in [0.2, 0.25) is 0 Å². The van der Waals surface area contributed by atoms with E-state index in [1.54, 1.807) is 17.8 Å². The maximum absolute atomic E-state index is 10.2. The summed E-state index contributed by atoms with van der Waals surface area (Å²) in [4.78, 5) is 5.02. The molecule has 0 amide bonds. The molecule has 0 radical (unpaired) electrons. The number of thioether (sulfide) groups is 1. The van der Waals surface area contributed by atoms with Crippen molar-refractivity contribution in [2.24, 2.45) is 4.99 Å². The smallest absolute Gasteiger partial charge is 0.206 e. The molecule has 2 aliphatic heterocycles. The van der Waals surface area contributed by atoms with Crippen molar-refractivity contribution >= 4 is 16.9 Å². The fraction of sp³-hybridized carbons (Fsp3) is 0.435. The van der Waals surface area contributed by atoms with Gasteiger partial charge in [0.05, 0.1) is 0 Å². The maximum atomic E-state index is 10.2. The minimum Gasteiger partial charge on any atom is -0.508 e. The molecule has 2 aromatic rings. The Balaban J connectivity index is 1.92. The molecule has 0 saturated carbocycles. The van der Waals surface area contributed by atoms with Crippen molar-refractivity contribution in [2.45, 2.75) is 57.7 Å². The van der Waals surface area contributed by atoms with Crippen LogP contribution in [-0.2, 0) is 0 Å². The van der Waals surface area contributed by atoms with Gasteiger partial charge in [0.2, 0.25) is 5.72 Å². The van der Waals surface area contributed by atoms with Gasteiger partial charge >= 0.3 is 0 Å². The molecule has 1 spiro atoms. The van der Waals surface area contributed by atoms with Gasteiger partial charge in [0.25, 0.3) is 0 Å². The first kappa shape index (κ1) is 19.2. The minimum atomic E-state index is -0.646. The molecule has 2 aliphatic rings. The van der Waals surface area contributed by atoms with Crippen LogP contribution in [0.25, 0.3) is 0 Å². The highest BCUT2D eigenvalue weighted by Gasteiger charge is 2.48. The molecule has 0 saturated heterocycles. The van der Waals surface area contributed by atoms with Crippen molar-refractivity contribution in [3.63, 3.8) is 0 Å². The Morgan fingerprint density at radius 1 is 1.18 bits per heavy atom. The topological polar surface area (TPSA) is 53.9 Å². The molecule has 4 rings (SSSR count). The van der Waals surface area contributed by atoms with Crippen molar-refractivity contribution < 1.29 is 9.84 Å². The third-order valence-corrected chi connectivity index (χ3v) is 6.31. The second-order valence-electron chi connectivity index (χ2n) is 8.64. The largest absolute Gasteiger partial charge is 0.508 e. The van der Waals surface area contributed by atoms with Crippen LogP contribution in [-0.4, -0.2) is 27.8 Å². The van der Waals surface area contributed by atoms with Crippen LogP contribution in [0.4, 0.5) is 0 Å². The lowest BCUT2D eigenvalue weighted by Crippen LogP contribution is -2.57. The fourth-order valence-electron chi connectivity index (χ4n) is 4.74. The molecule has 4 nitrogen and oxygen atoms in total. The zero-order chi connectivity index (χ0) is 20.1. The van der Waals surface area contributed by atoms with Gasteiger partial charge in [-0.25, -0.2) is 4.99 Å². The lowest BCUT2D eigenvalue weighted by Gasteiger charge is -2.47. The van der Waals surface area contributed by atoms with Crippen LogP contribution in [0.3, 0.4) is 0 Å². The van der Waals surface area contributed by atoms with Gasteiger partial charge in [0, 0.05) is 35.9 Å². The van der Waals surface area contributed by atoms with Gasteiger partial charge in [0.1, 0.15) is 11.5 Å². The molecular formula is C23H28N2O2S. The summed E-state index contributed by atoms with van der Waals surface area (Å²) in [7, 11) is 0. The van der Waals surface area contributed by atoms with Gasteiger partial charge in [-0.3, -0.25) is 0 Å². The molecule has 0 bridgehead atoms. The molecular weight excluding hydrogens is 368 g/mol. The molecule has 148 valence electrons. The number of hydrogen-bond acceptors (Lipinski definition) is 5. The SMILES string of the molecule is CSC1=N[C@@]2(C[C@H](c3ccccc3C)c3c(C)cc(O)cc3O2)CC(C)(C)N1. The first-order valence-corrected chi connectivity index (χ1v) is 10.9. The van der Waals surface area contributed by atoms with Crippen LogP contribution in [0.15, 0.2) is 41.4 Å². The van der Waals surface area contributed by atoms with Crippen molar-refractivity contribution in [3.05, 3.63) is 58.7 Å². The van der Waals surface area contributed by atoms with Crippen molar-refractivity contribution in [1.29, 1.82) is 0 Å². The first-order chi connectivity index (χ1) is 13.2. The van der Waals surface area contributed by atoms with Gasteiger partial charge in [-0.15, -0.1) is 0 Å². The standard InChI is InChI=1S/C23H28N2O2S/c1-14-8-6-7-9-17(14)18-12-23(13-22(3,4)24-21(25-23)28-5)27-19-11-16(26)10-15(2)20(18)19/h6-11,18,26H,12-13H2,1-5H3,(H,24,25)/t18-,23-/m1/s1. The number of aromatic hydroxyl groups is 1. The third kappa shape index (κ3) is 3.37. The predicted octanol–water partition coefficient (Wildman–Crippen LogP) is 5.11. The average Bonchev–Trinajstić information content (AvgIpc) is 2.59. The Labute approximate surface area is 171 Å². The van der Waals surface area contributed by atoms with E-state index in [9.17, 15) is 5.11 Å². The van der Waals surface area contributed by atoms with E-state index in [2.05, 4.69) is 50.4 Å². The van der Waals surface area contributed by atoms with Crippen LogP contribution in [0.5, 0.6) is 11.5 Å². The van der Waals surface area contributed by atoms with Crippen molar-refractivity contribution in [1.82, 2.24) is 5.32 Å². The molecule has 2 atom stereocenters. The van der Waals surface area contributed by atoms with Gasteiger partial charge in [-0.05, 0) is 56.7 Å². The Morgan fingerprint density at radius 3 is 2.64 bits per heavy atom. The number of aryl methyl sites for hydroxylation is 2. The number of phenols is 1. The highest BCUT2D eigenvalue weighted by Crippen LogP contribution is 2.51. The summed E-state index contributed by atoms with van der Waals surface area (Å²) >= 11 is 1.61. The van der Waals surface area contributed by atoms with Crippen LogP contribution < -0.4 is 10.1 Å². The Bertz CT molecular complexity index is 954. The van der Waals surface area contributed by atoms with E-state index in [0.29, 0.717) is 0 Å². The highest BCUT2D eigenvalue weighted by atomic mass is 32.2. The zero-order valence-corrected chi connectivity index (χ0v) is 18.0. The number of benzene rings is 2. The third-order valence-electron chi connectivity index (χ3n) is 5.73. The maximum Gasteiger partial charge on any atom is 0.206 e. The van der Waals surface area contributed by atoms with Gasteiger partial charge in [-0.2, -0.15) is 0 Å². The number of phenolic OH excluding ortho intramolecular Hbond substituents is 1. The van der Waals surface area contributed by atoms with Crippen LogP contribution >= 0.6 is 11.8 Å². The normalized spacial score (nSPS) is 25.5. The van der Waals surface area contributed by atoms with Gasteiger partial charge < -0.3 is 15.2 Å². The highest BCUT2D eigenvalue weighted by molar-refractivity contribution is 8.13. The van der Waals surface area contributed by atoms with Crippen molar-refractivity contribution in [2.75, 3.05) is 6.26 Å². The summed E-state index contributed by atoms with van der Waals surface area (Å²) < 4.78 is 6.58. The number of nitrogens with one attached hydrogen (secondary N) is 1. The van der Waals surface area contributed by atoms with E-state index in [4.69, 9.17) is 9.73 Å². The van der Waals surface area contributed by atoms with E-state index in [1.807, 2.05) is 19.2 Å². The van der Waals surface area contributed by atoms with E-state index in [-0.39, 0.29) is 17.2 Å².